The minimum atomic E-state index is -0.375. The van der Waals surface area contributed by atoms with Gasteiger partial charge in [-0.05, 0) is 6.92 Å². The summed E-state index contributed by atoms with van der Waals surface area (Å²) < 4.78 is 13.7. The fourth-order valence-electron chi connectivity index (χ4n) is 0.578. The first kappa shape index (κ1) is 6.55. The van der Waals surface area contributed by atoms with Gasteiger partial charge in [-0.3, -0.25) is 0 Å². The summed E-state index contributed by atoms with van der Waals surface area (Å²) in [5, 5.41) is 3.85. The summed E-state index contributed by atoms with van der Waals surface area (Å²) in [6.07, 6.45) is 0. The molecule has 1 rings (SSSR count). The van der Waals surface area contributed by atoms with Crippen LogP contribution in [0.25, 0.3) is 0 Å². The second-order valence-corrected chi connectivity index (χ2v) is 2.19. The van der Waals surface area contributed by atoms with Crippen LogP contribution in [0.1, 0.15) is 5.56 Å². The SMILES string of the molecule is Cc1c(Cl)nn(C)c1F. The number of hydrogen-bond acceptors (Lipinski definition) is 1. The van der Waals surface area contributed by atoms with E-state index >= 15 is 0 Å². The third-order valence-electron chi connectivity index (χ3n) is 1.14. The molecule has 0 spiro atoms. The number of rotatable bonds is 0. The number of aryl methyl sites for hydroxylation is 1. The third kappa shape index (κ3) is 0.920. The third-order valence-corrected chi connectivity index (χ3v) is 1.50. The van der Waals surface area contributed by atoms with Crippen molar-refractivity contribution in [2.75, 3.05) is 0 Å². The molecule has 0 N–H and O–H groups in total. The highest BCUT2D eigenvalue weighted by atomic mass is 35.5. The van der Waals surface area contributed by atoms with Crippen molar-refractivity contribution in [2.24, 2.45) is 7.05 Å². The fourth-order valence-corrected chi connectivity index (χ4v) is 0.770. The zero-order valence-electron chi connectivity index (χ0n) is 5.15. The van der Waals surface area contributed by atoms with Gasteiger partial charge in [0.05, 0.1) is 0 Å². The van der Waals surface area contributed by atoms with Crippen LogP contribution in [0.4, 0.5) is 4.39 Å². The maximum absolute atomic E-state index is 12.6. The summed E-state index contributed by atoms with van der Waals surface area (Å²) in [6, 6.07) is 0. The highest BCUT2D eigenvalue weighted by Crippen LogP contribution is 2.14. The molecule has 9 heavy (non-hydrogen) atoms. The average molecular weight is 149 g/mol. The fraction of sp³-hybridized carbons (Fsp3) is 0.400. The maximum atomic E-state index is 12.6. The standard InChI is InChI=1S/C5H6ClFN2/c1-3-4(6)8-9(2)5(3)7/h1-2H3. The van der Waals surface area contributed by atoms with Gasteiger partial charge < -0.3 is 0 Å². The van der Waals surface area contributed by atoms with Crippen molar-refractivity contribution < 1.29 is 4.39 Å². The molecule has 4 heteroatoms. The summed E-state index contributed by atoms with van der Waals surface area (Å²) in [6.45, 7) is 1.59. The molecule has 0 aliphatic rings. The van der Waals surface area contributed by atoms with Gasteiger partial charge >= 0.3 is 0 Å². The molecular formula is C5H6ClFN2. The molecule has 0 saturated heterocycles. The Kier molecular flexibility index (Phi) is 1.45. The molecule has 1 aromatic rings. The highest BCUT2D eigenvalue weighted by Gasteiger charge is 2.07. The van der Waals surface area contributed by atoms with E-state index in [1.807, 2.05) is 0 Å². The van der Waals surface area contributed by atoms with E-state index in [0.717, 1.165) is 4.68 Å². The second kappa shape index (κ2) is 1.99. The van der Waals surface area contributed by atoms with E-state index in [0.29, 0.717) is 5.56 Å². The lowest BCUT2D eigenvalue weighted by molar-refractivity contribution is 0.499. The molecule has 0 aliphatic carbocycles. The average Bonchev–Trinajstić information content (AvgIpc) is 1.98. The second-order valence-electron chi connectivity index (χ2n) is 1.83. The van der Waals surface area contributed by atoms with E-state index in [-0.39, 0.29) is 11.1 Å². The Morgan fingerprint density at radius 1 is 1.67 bits per heavy atom. The highest BCUT2D eigenvalue weighted by molar-refractivity contribution is 6.30. The van der Waals surface area contributed by atoms with Crippen molar-refractivity contribution in [1.29, 1.82) is 0 Å². The Hall–Kier alpha value is -0.570. The summed E-state index contributed by atoms with van der Waals surface area (Å²) >= 11 is 5.46. The van der Waals surface area contributed by atoms with Crippen LogP contribution in [-0.2, 0) is 7.05 Å². The van der Waals surface area contributed by atoms with Crippen LogP contribution >= 0.6 is 11.6 Å². The van der Waals surface area contributed by atoms with Crippen LogP contribution in [0, 0.1) is 12.9 Å². The molecule has 0 unspecified atom stereocenters. The summed E-state index contributed by atoms with van der Waals surface area (Å²) in [4.78, 5) is 0. The summed E-state index contributed by atoms with van der Waals surface area (Å²) in [5.74, 6) is -0.375. The topological polar surface area (TPSA) is 17.8 Å². The summed E-state index contributed by atoms with van der Waals surface area (Å²) in [5.41, 5.74) is 0.402. The smallest absolute Gasteiger partial charge is 0.215 e. The van der Waals surface area contributed by atoms with Gasteiger partial charge in [-0.15, -0.1) is 0 Å². The first-order chi connectivity index (χ1) is 4.13. The maximum Gasteiger partial charge on any atom is 0.215 e. The van der Waals surface area contributed by atoms with E-state index < -0.39 is 0 Å². The van der Waals surface area contributed by atoms with Crippen molar-refractivity contribution >= 4 is 11.6 Å². The van der Waals surface area contributed by atoms with E-state index in [1.54, 1.807) is 6.92 Å². The first-order valence-corrected chi connectivity index (χ1v) is 2.85. The Bertz CT molecular complexity index is 209. The lowest BCUT2D eigenvalue weighted by Crippen LogP contribution is -1.93. The molecule has 1 aromatic heterocycles. The number of hydrogen-bond donors (Lipinski definition) is 0. The Morgan fingerprint density at radius 3 is 2.33 bits per heavy atom. The number of halogens is 2. The molecule has 1 heterocycles. The Balaban J connectivity index is 3.29. The predicted octanol–water partition coefficient (Wildman–Crippen LogP) is 1.52. The number of nitrogens with zero attached hydrogens (tertiary/aromatic N) is 2. The van der Waals surface area contributed by atoms with Crippen molar-refractivity contribution in [3.63, 3.8) is 0 Å². The van der Waals surface area contributed by atoms with Gasteiger partial charge in [-0.2, -0.15) is 9.49 Å². The quantitative estimate of drug-likeness (QED) is 0.546. The molecule has 0 aliphatic heterocycles. The van der Waals surface area contributed by atoms with Gasteiger partial charge in [0.25, 0.3) is 0 Å². The monoisotopic (exact) mass is 148 g/mol. The van der Waals surface area contributed by atoms with Gasteiger partial charge in [0.1, 0.15) is 0 Å². The van der Waals surface area contributed by atoms with Gasteiger partial charge in [-0.25, -0.2) is 4.68 Å². The van der Waals surface area contributed by atoms with E-state index in [9.17, 15) is 4.39 Å². The van der Waals surface area contributed by atoms with Crippen LogP contribution in [0.15, 0.2) is 0 Å². The van der Waals surface area contributed by atoms with Crippen LogP contribution in [-0.4, -0.2) is 9.78 Å². The van der Waals surface area contributed by atoms with Gasteiger partial charge in [0, 0.05) is 12.6 Å². The van der Waals surface area contributed by atoms with Gasteiger partial charge in [-0.1, -0.05) is 11.6 Å². The van der Waals surface area contributed by atoms with Crippen LogP contribution in [0.3, 0.4) is 0 Å². The summed E-state index contributed by atoms with van der Waals surface area (Å²) in [7, 11) is 1.51. The number of aromatic nitrogens is 2. The minimum Gasteiger partial charge on any atom is -0.241 e. The molecule has 0 bridgehead atoms. The van der Waals surface area contributed by atoms with E-state index in [1.165, 1.54) is 7.05 Å². The van der Waals surface area contributed by atoms with Crippen LogP contribution < -0.4 is 0 Å². The van der Waals surface area contributed by atoms with Gasteiger partial charge in [0.2, 0.25) is 5.95 Å². The zero-order chi connectivity index (χ0) is 7.02. The molecule has 0 radical (unpaired) electrons. The Labute approximate surface area is 57.2 Å². The van der Waals surface area contributed by atoms with E-state index in [2.05, 4.69) is 5.10 Å². The predicted molar refractivity (Wildman–Crippen MR) is 32.9 cm³/mol. The van der Waals surface area contributed by atoms with Crippen LogP contribution in [0.5, 0.6) is 0 Å². The van der Waals surface area contributed by atoms with Gasteiger partial charge in [0.15, 0.2) is 5.15 Å². The molecule has 0 amide bonds. The first-order valence-electron chi connectivity index (χ1n) is 2.47. The van der Waals surface area contributed by atoms with Crippen molar-refractivity contribution in [2.45, 2.75) is 6.92 Å². The molecule has 0 saturated carbocycles. The molecule has 0 fully saturated rings. The van der Waals surface area contributed by atoms with Crippen molar-refractivity contribution in [1.82, 2.24) is 9.78 Å². The molecule has 50 valence electrons. The van der Waals surface area contributed by atoms with Crippen LogP contribution in [0.2, 0.25) is 5.15 Å². The molecular weight excluding hydrogens is 143 g/mol. The molecule has 0 aromatic carbocycles. The normalized spacial score (nSPS) is 10.2. The van der Waals surface area contributed by atoms with Crippen molar-refractivity contribution in [3.8, 4) is 0 Å². The van der Waals surface area contributed by atoms with Crippen molar-refractivity contribution in [3.05, 3.63) is 16.7 Å². The lowest BCUT2D eigenvalue weighted by atomic mass is 10.4. The molecule has 0 atom stereocenters. The largest absolute Gasteiger partial charge is 0.241 e. The minimum absolute atomic E-state index is 0.231. The van der Waals surface area contributed by atoms with E-state index in [4.69, 9.17) is 11.6 Å². The zero-order valence-corrected chi connectivity index (χ0v) is 5.91. The Morgan fingerprint density at radius 2 is 2.22 bits per heavy atom. The lowest BCUT2D eigenvalue weighted by Gasteiger charge is -1.85. The molecule has 2 nitrogen and oxygen atoms in total.